The molecule has 0 saturated carbocycles. The number of benzene rings is 4. The molecule has 1 fully saturated rings. The third-order valence-electron chi connectivity index (χ3n) is 7.93. The number of rotatable bonds is 10. The molecule has 1 aliphatic rings. The van der Waals surface area contributed by atoms with Crippen LogP contribution >= 0.6 is 11.6 Å². The van der Waals surface area contributed by atoms with Crippen molar-refractivity contribution in [2.75, 3.05) is 42.6 Å². The van der Waals surface area contributed by atoms with E-state index in [1.165, 1.54) is 26.7 Å². The summed E-state index contributed by atoms with van der Waals surface area (Å²) < 4.78 is 10.3. The van der Waals surface area contributed by atoms with Gasteiger partial charge in [-0.2, -0.15) is 0 Å². The first kappa shape index (κ1) is 31.6. The summed E-state index contributed by atoms with van der Waals surface area (Å²) in [6.07, 6.45) is 3.31. The predicted molar refractivity (Wildman–Crippen MR) is 179 cm³/mol. The first-order chi connectivity index (χ1) is 21.8. The molecule has 4 aromatic rings. The Hall–Kier alpha value is -4.82. The molecule has 4 aromatic carbocycles. The van der Waals surface area contributed by atoms with E-state index in [-0.39, 0.29) is 34.4 Å². The number of hydrogen-bond acceptors (Lipinski definition) is 7. The third-order valence-corrected chi connectivity index (χ3v) is 8.29. The Morgan fingerprint density at radius 2 is 1.51 bits per heavy atom. The number of hydrogen-bond donors (Lipinski definition) is 1. The molecule has 1 aliphatic heterocycles. The van der Waals surface area contributed by atoms with Gasteiger partial charge < -0.3 is 14.4 Å². The SMILES string of the molecule is COC(=O)c1cc(Cl)c(CC(=O)N(Nc2ccc(-c3ccc(C(C)=O)cc3)cc2)c2ccccc2N2CCCCC2)cc1OC. The molecule has 1 heterocycles. The number of carbonyl (C=O) groups excluding carboxylic acids is 3. The lowest BCUT2D eigenvalue weighted by atomic mass is 10.0. The van der Waals surface area contributed by atoms with E-state index in [9.17, 15) is 14.4 Å². The zero-order valence-electron chi connectivity index (χ0n) is 25.6. The molecule has 9 heteroatoms. The van der Waals surface area contributed by atoms with Gasteiger partial charge in [0.25, 0.3) is 0 Å². The molecule has 0 unspecified atom stereocenters. The van der Waals surface area contributed by atoms with Crippen LogP contribution in [0.4, 0.5) is 17.1 Å². The predicted octanol–water partition coefficient (Wildman–Crippen LogP) is 7.60. The average Bonchev–Trinajstić information content (AvgIpc) is 3.08. The van der Waals surface area contributed by atoms with Gasteiger partial charge in [-0.1, -0.05) is 60.1 Å². The van der Waals surface area contributed by atoms with Gasteiger partial charge in [0.15, 0.2) is 5.78 Å². The van der Waals surface area contributed by atoms with Crippen LogP contribution in [-0.4, -0.2) is 45.0 Å². The third kappa shape index (κ3) is 7.29. The Balaban J connectivity index is 1.48. The minimum absolute atomic E-state index is 0.0230. The van der Waals surface area contributed by atoms with Crippen LogP contribution in [0.25, 0.3) is 11.1 Å². The highest BCUT2D eigenvalue weighted by molar-refractivity contribution is 6.32. The summed E-state index contributed by atoms with van der Waals surface area (Å²) in [5, 5.41) is 1.83. The Morgan fingerprint density at radius 1 is 0.867 bits per heavy atom. The molecular formula is C36H36ClN3O5. The van der Waals surface area contributed by atoms with Crippen molar-refractivity contribution in [1.29, 1.82) is 0 Å². The minimum Gasteiger partial charge on any atom is -0.496 e. The second kappa shape index (κ2) is 14.3. The molecule has 232 valence electrons. The molecule has 0 bridgehead atoms. The molecule has 0 aromatic heterocycles. The number of para-hydroxylation sites is 2. The topological polar surface area (TPSA) is 88.2 Å². The maximum Gasteiger partial charge on any atom is 0.341 e. The number of methoxy groups -OCH3 is 2. The summed E-state index contributed by atoms with van der Waals surface area (Å²) in [5.41, 5.74) is 9.07. The summed E-state index contributed by atoms with van der Waals surface area (Å²) in [6, 6.07) is 26.2. The molecule has 1 amide bonds. The van der Waals surface area contributed by atoms with E-state index in [4.69, 9.17) is 21.1 Å². The first-order valence-electron chi connectivity index (χ1n) is 14.9. The van der Waals surface area contributed by atoms with Gasteiger partial charge in [-0.25, -0.2) is 9.80 Å². The van der Waals surface area contributed by atoms with Gasteiger partial charge in [-0.05, 0) is 79.3 Å². The molecule has 1 N–H and O–H groups in total. The smallest absolute Gasteiger partial charge is 0.341 e. The van der Waals surface area contributed by atoms with Gasteiger partial charge in [0.05, 0.1) is 37.7 Å². The van der Waals surface area contributed by atoms with Crippen LogP contribution in [-0.2, 0) is 16.0 Å². The minimum atomic E-state index is -0.580. The van der Waals surface area contributed by atoms with Gasteiger partial charge in [0.1, 0.15) is 11.3 Å². The standard InChI is InChI=1S/C36H36ClN3O5/c1-24(41)25-11-13-26(14-12-25)27-15-17-29(18-16-27)38-40(33-10-6-5-9-32(33)39-19-7-4-8-20-39)35(42)22-28-21-34(44-2)30(23-31(28)37)36(43)45-3/h5-6,9-18,21,23,38H,4,7-8,19-20,22H2,1-3H3. The fourth-order valence-corrected chi connectivity index (χ4v) is 5.72. The van der Waals surface area contributed by atoms with E-state index in [1.54, 1.807) is 18.0 Å². The number of halogens is 1. The van der Waals surface area contributed by atoms with Gasteiger partial charge >= 0.3 is 5.97 Å². The number of Topliss-reactive ketones (excluding diaryl/α,β-unsaturated/α-hetero) is 1. The number of nitrogens with zero attached hydrogens (tertiary/aromatic N) is 2. The second-order valence-corrected chi connectivity index (χ2v) is 11.3. The average molecular weight is 626 g/mol. The molecule has 1 saturated heterocycles. The number of ketones is 1. The number of piperidine rings is 1. The Labute approximate surface area is 268 Å². The number of ether oxygens (including phenoxy) is 2. The summed E-state index contributed by atoms with van der Waals surface area (Å²) in [6.45, 7) is 3.37. The van der Waals surface area contributed by atoms with Crippen molar-refractivity contribution in [2.45, 2.75) is 32.6 Å². The number of anilines is 3. The van der Waals surface area contributed by atoms with Crippen molar-refractivity contribution < 1.29 is 23.9 Å². The molecule has 0 aliphatic carbocycles. The number of esters is 1. The van der Waals surface area contributed by atoms with Crippen LogP contribution in [0.5, 0.6) is 5.75 Å². The number of nitrogens with one attached hydrogen (secondary N) is 1. The lowest BCUT2D eigenvalue weighted by Crippen LogP contribution is -2.39. The summed E-state index contributed by atoms with van der Waals surface area (Å²) >= 11 is 6.59. The molecule has 45 heavy (non-hydrogen) atoms. The number of amides is 1. The van der Waals surface area contributed by atoms with Crippen LogP contribution < -0.4 is 20.1 Å². The Bertz CT molecular complexity index is 1680. The summed E-state index contributed by atoms with van der Waals surface area (Å²) in [7, 11) is 2.73. The first-order valence-corrected chi connectivity index (χ1v) is 15.3. The molecule has 8 nitrogen and oxygen atoms in total. The Morgan fingerprint density at radius 3 is 2.13 bits per heavy atom. The van der Waals surface area contributed by atoms with Crippen LogP contribution in [0.3, 0.4) is 0 Å². The fourth-order valence-electron chi connectivity index (χ4n) is 5.49. The van der Waals surface area contributed by atoms with Crippen LogP contribution in [0.2, 0.25) is 5.02 Å². The lowest BCUT2D eigenvalue weighted by Gasteiger charge is -2.34. The van der Waals surface area contributed by atoms with Crippen molar-refractivity contribution in [3.05, 3.63) is 107 Å². The number of hydrazine groups is 1. The van der Waals surface area contributed by atoms with Crippen LogP contribution in [0, 0.1) is 0 Å². The lowest BCUT2D eigenvalue weighted by molar-refractivity contribution is -0.117. The molecular weight excluding hydrogens is 590 g/mol. The summed E-state index contributed by atoms with van der Waals surface area (Å²) in [4.78, 5) is 40.4. The second-order valence-electron chi connectivity index (χ2n) is 10.9. The highest BCUT2D eigenvalue weighted by atomic mass is 35.5. The van der Waals surface area contributed by atoms with E-state index in [0.29, 0.717) is 16.8 Å². The van der Waals surface area contributed by atoms with Crippen molar-refractivity contribution >= 4 is 46.3 Å². The zero-order chi connectivity index (χ0) is 31.9. The van der Waals surface area contributed by atoms with Gasteiger partial charge in [-0.15, -0.1) is 0 Å². The quantitative estimate of drug-likeness (QED) is 0.110. The van der Waals surface area contributed by atoms with Gasteiger partial charge in [0.2, 0.25) is 5.91 Å². The van der Waals surface area contributed by atoms with Crippen molar-refractivity contribution in [1.82, 2.24) is 0 Å². The molecule has 0 atom stereocenters. The molecule has 0 radical (unpaired) electrons. The van der Waals surface area contributed by atoms with Crippen LogP contribution in [0.15, 0.2) is 84.9 Å². The van der Waals surface area contributed by atoms with E-state index in [0.717, 1.165) is 48.4 Å². The van der Waals surface area contributed by atoms with Crippen molar-refractivity contribution in [3.8, 4) is 16.9 Å². The van der Waals surface area contributed by atoms with E-state index >= 15 is 0 Å². The fraction of sp³-hybridized carbons (Fsp3) is 0.250. The Kier molecular flexibility index (Phi) is 10.0. The van der Waals surface area contributed by atoms with E-state index in [2.05, 4.69) is 10.3 Å². The monoisotopic (exact) mass is 625 g/mol. The highest BCUT2D eigenvalue weighted by Crippen LogP contribution is 2.34. The van der Waals surface area contributed by atoms with Crippen molar-refractivity contribution in [3.63, 3.8) is 0 Å². The van der Waals surface area contributed by atoms with Gasteiger partial charge in [0, 0.05) is 23.7 Å². The van der Waals surface area contributed by atoms with Crippen molar-refractivity contribution in [2.24, 2.45) is 0 Å². The van der Waals surface area contributed by atoms with E-state index in [1.807, 2.05) is 72.8 Å². The largest absolute Gasteiger partial charge is 0.496 e. The maximum atomic E-state index is 14.2. The normalized spacial score (nSPS) is 12.8. The maximum absolute atomic E-state index is 14.2. The summed E-state index contributed by atoms with van der Waals surface area (Å²) in [5.74, 6) is -0.536. The molecule has 5 rings (SSSR count). The highest BCUT2D eigenvalue weighted by Gasteiger charge is 2.25. The van der Waals surface area contributed by atoms with E-state index < -0.39 is 5.97 Å². The zero-order valence-corrected chi connectivity index (χ0v) is 26.4. The van der Waals surface area contributed by atoms with Crippen LogP contribution in [0.1, 0.15) is 52.5 Å². The van der Waals surface area contributed by atoms with Gasteiger partial charge in [-0.3, -0.25) is 15.0 Å². The molecule has 0 spiro atoms. The number of carbonyl (C=O) groups is 3.